The Morgan fingerprint density at radius 3 is 0.330 bits per heavy atom. The largest absolute Gasteiger partial charge is 1.00 e. The van der Waals surface area contributed by atoms with Gasteiger partial charge in [-0.05, 0) is 48.5 Å². The summed E-state index contributed by atoms with van der Waals surface area (Å²) in [5.74, 6) is 0. The number of nitrogens with zero attached hydrogens (tertiary/aromatic N) is 8. The first-order valence-electron chi connectivity index (χ1n) is 34.3. The summed E-state index contributed by atoms with van der Waals surface area (Å²) in [7, 11) is -12.0. The summed E-state index contributed by atoms with van der Waals surface area (Å²) in [5, 5.41) is 9.60. The van der Waals surface area contributed by atoms with Crippen LogP contribution >= 0.6 is 46.4 Å². The molecular formula is C82H100B2Cl4Cu2F8N8. The number of benzene rings is 4. The molecule has 8 nitrogen and oxygen atoms in total. The van der Waals surface area contributed by atoms with Crippen LogP contribution < -0.4 is 0 Å². The number of hydrogen-bond acceptors (Lipinski definition) is 8. The van der Waals surface area contributed by atoms with Crippen molar-refractivity contribution in [3.05, 3.63) is 191 Å². The first kappa shape index (κ1) is 94.1. The van der Waals surface area contributed by atoms with E-state index in [1.54, 1.807) is 0 Å². The molecule has 8 heterocycles. The van der Waals surface area contributed by atoms with E-state index in [9.17, 15) is 34.5 Å². The third-order valence-corrected chi connectivity index (χ3v) is 16.2. The van der Waals surface area contributed by atoms with E-state index in [1.807, 2.05) is 0 Å². The molecule has 0 N–H and O–H groups in total. The van der Waals surface area contributed by atoms with Gasteiger partial charge in [0.05, 0.1) is 54.8 Å². The molecule has 0 atom stereocenters. The van der Waals surface area contributed by atoms with Crippen molar-refractivity contribution in [2.45, 2.75) is 209 Å². The van der Waals surface area contributed by atoms with E-state index in [1.165, 1.54) is 0 Å². The zero-order valence-electron chi connectivity index (χ0n) is 65.1. The first-order chi connectivity index (χ1) is 47.5. The monoisotopic (exact) mass is 1640 g/mol. The molecule has 12 aromatic rings. The summed E-state index contributed by atoms with van der Waals surface area (Å²) in [6.45, 7) is 52.7. The number of pyridine rings is 8. The predicted octanol–water partition coefficient (Wildman–Crippen LogP) is 27.0. The van der Waals surface area contributed by atoms with Gasteiger partial charge in [0.25, 0.3) is 0 Å². The second-order valence-electron chi connectivity index (χ2n) is 33.6. The van der Waals surface area contributed by atoms with Crippen LogP contribution in [0, 0.1) is 0 Å². The first-order valence-corrected chi connectivity index (χ1v) is 36.5. The standard InChI is InChI=1S/4C20H24N2.2CH2Cl2.2BF4.2Cu/c4*1-19(2,3)15-11-9-13-7-8-14-10-12-16(20(4,5)6)22-18(14)17(13)21-15;2*2-1-3;2*2-1(3,4)5;;/h4*7-12H,1-6H3;2*1H2;;;;/q;;;;;;2*-1;2*+1. The summed E-state index contributed by atoms with van der Waals surface area (Å²) < 4.78 is 78.0. The number of fused-ring (bicyclic) bond motifs is 12. The van der Waals surface area contributed by atoms with E-state index in [-0.39, 0.29) is 88.1 Å². The van der Waals surface area contributed by atoms with Crippen LogP contribution in [0.15, 0.2) is 146 Å². The van der Waals surface area contributed by atoms with Crippen molar-refractivity contribution in [1.82, 2.24) is 39.9 Å². The van der Waals surface area contributed by atoms with Crippen LogP contribution in [0.3, 0.4) is 0 Å². The molecule has 8 aromatic heterocycles. The molecule has 0 aliphatic rings. The Morgan fingerprint density at radius 1 is 0.198 bits per heavy atom. The van der Waals surface area contributed by atoms with E-state index in [0.29, 0.717) is 0 Å². The van der Waals surface area contributed by atoms with Crippen molar-refractivity contribution in [1.29, 1.82) is 0 Å². The fourth-order valence-corrected chi connectivity index (χ4v) is 10.4. The second kappa shape index (κ2) is 37.1. The average Bonchev–Trinajstić information content (AvgIpc) is 0.786. The molecule has 24 heteroatoms. The van der Waals surface area contributed by atoms with Crippen molar-refractivity contribution < 1.29 is 68.7 Å². The molecule has 4 aromatic carbocycles. The molecule has 0 bridgehead atoms. The van der Waals surface area contributed by atoms with Crippen LogP contribution in [0.5, 0.6) is 0 Å². The summed E-state index contributed by atoms with van der Waals surface area (Å²) in [6, 6.07) is 51.4. The van der Waals surface area contributed by atoms with Crippen molar-refractivity contribution >= 4 is 148 Å². The van der Waals surface area contributed by atoms with E-state index in [4.69, 9.17) is 86.3 Å². The number of halogens is 12. The Morgan fingerprint density at radius 2 is 0.264 bits per heavy atom. The third-order valence-electron chi connectivity index (χ3n) is 16.2. The molecular weight excluding hydrogens is 1540 g/mol. The minimum atomic E-state index is -6.00. The van der Waals surface area contributed by atoms with Gasteiger partial charge in [0.15, 0.2) is 0 Å². The molecule has 0 saturated heterocycles. The van der Waals surface area contributed by atoms with E-state index in [0.717, 1.165) is 133 Å². The molecule has 0 unspecified atom stereocenters. The van der Waals surface area contributed by atoms with E-state index in [2.05, 4.69) is 312 Å². The average molecular weight is 1640 g/mol. The fourth-order valence-electron chi connectivity index (χ4n) is 10.4. The maximum atomic E-state index is 9.75. The molecule has 0 fully saturated rings. The number of aromatic nitrogens is 8. The predicted molar refractivity (Wildman–Crippen MR) is 431 cm³/mol. The summed E-state index contributed by atoms with van der Waals surface area (Å²) in [5.41, 5.74) is 17.3. The Bertz CT molecular complexity index is 4010. The molecule has 0 radical (unpaired) electrons. The van der Waals surface area contributed by atoms with Crippen LogP contribution in [-0.4, -0.2) is 65.1 Å². The molecule has 580 valence electrons. The van der Waals surface area contributed by atoms with Gasteiger partial charge in [-0.3, -0.25) is 0 Å². The summed E-state index contributed by atoms with van der Waals surface area (Å²) >= 11 is 19.1. The quantitative estimate of drug-likeness (QED) is 0.0640. The topological polar surface area (TPSA) is 103 Å². The minimum Gasteiger partial charge on any atom is -0.418 e. The van der Waals surface area contributed by atoms with Gasteiger partial charge in [-0.25, -0.2) is 39.9 Å². The van der Waals surface area contributed by atoms with Crippen molar-refractivity contribution in [3.8, 4) is 0 Å². The molecule has 0 amide bonds. The van der Waals surface area contributed by atoms with E-state index >= 15 is 0 Å². The number of rotatable bonds is 0. The Labute approximate surface area is 663 Å². The summed E-state index contributed by atoms with van der Waals surface area (Å²) in [6.07, 6.45) is 0. The SMILES string of the molecule is CC(C)(C)c1ccc2ccc3ccc(C(C)(C)C)nc3c2n1.CC(C)(C)c1ccc2ccc3ccc(C(C)(C)C)nc3c2n1.CC(C)(C)c1ccc2ccc3ccc(C(C)(C)C)nc3c2n1.CC(C)(C)c1ccc2ccc3ccc(C(C)(C)C)nc3c2n1.ClCCl.ClCCl.F[B-](F)(F)F.F[B-](F)(F)F.[Cu+].[Cu+]. The zero-order chi connectivity index (χ0) is 78.9. The second-order valence-corrected chi connectivity index (χ2v) is 35.2. The molecule has 12 rings (SSSR count). The van der Waals surface area contributed by atoms with Crippen LogP contribution in [-0.2, 0) is 77.5 Å². The van der Waals surface area contributed by atoms with Gasteiger partial charge in [0.1, 0.15) is 0 Å². The number of alkyl halides is 4. The van der Waals surface area contributed by atoms with Crippen LogP contribution in [0.1, 0.15) is 212 Å². The van der Waals surface area contributed by atoms with Crippen molar-refractivity contribution in [2.75, 3.05) is 10.7 Å². The van der Waals surface area contributed by atoms with Crippen molar-refractivity contribution in [3.63, 3.8) is 0 Å². The van der Waals surface area contributed by atoms with Gasteiger partial charge in [0.2, 0.25) is 0 Å². The van der Waals surface area contributed by atoms with Gasteiger partial charge in [-0.2, -0.15) is 0 Å². The zero-order valence-corrected chi connectivity index (χ0v) is 70.0. The maximum absolute atomic E-state index is 9.75. The van der Waals surface area contributed by atoms with E-state index < -0.39 is 14.5 Å². The smallest absolute Gasteiger partial charge is 0.418 e. The molecule has 106 heavy (non-hydrogen) atoms. The van der Waals surface area contributed by atoms with Gasteiger partial charge in [0, 0.05) is 132 Å². The molecule has 0 saturated carbocycles. The normalized spacial score (nSPS) is 12.3. The molecule has 0 spiro atoms. The Kier molecular flexibility index (Phi) is 32.9. The molecule has 0 aliphatic heterocycles. The van der Waals surface area contributed by atoms with Crippen molar-refractivity contribution in [2.24, 2.45) is 0 Å². The van der Waals surface area contributed by atoms with Gasteiger partial charge >= 0.3 is 48.6 Å². The number of hydrogen-bond donors (Lipinski definition) is 0. The third kappa shape index (κ3) is 27.8. The van der Waals surface area contributed by atoms with Gasteiger partial charge < -0.3 is 34.5 Å². The van der Waals surface area contributed by atoms with Gasteiger partial charge in [-0.1, -0.05) is 263 Å². The van der Waals surface area contributed by atoms with Crippen LogP contribution in [0.2, 0.25) is 0 Å². The molecule has 0 aliphatic carbocycles. The fraction of sp³-hybridized carbons (Fsp3) is 0.415. The van der Waals surface area contributed by atoms with Crippen LogP contribution in [0.4, 0.5) is 34.5 Å². The minimum absolute atomic E-state index is 0. The Balaban J connectivity index is 0.000000340. The Hall–Kier alpha value is -6.07. The summed E-state index contributed by atoms with van der Waals surface area (Å²) in [4.78, 5) is 39.5. The van der Waals surface area contributed by atoms with Gasteiger partial charge in [-0.15, -0.1) is 46.4 Å². The van der Waals surface area contributed by atoms with Crippen LogP contribution in [0.25, 0.3) is 87.2 Å². The maximum Gasteiger partial charge on any atom is 1.00 e.